The van der Waals surface area contributed by atoms with Gasteiger partial charge in [-0.15, -0.1) is 0 Å². The molecule has 1 unspecified atom stereocenters. The van der Waals surface area contributed by atoms with Gasteiger partial charge in [-0.25, -0.2) is 4.79 Å². The number of rotatable bonds is 8. The van der Waals surface area contributed by atoms with E-state index in [0.29, 0.717) is 5.56 Å². The van der Waals surface area contributed by atoms with E-state index in [9.17, 15) is 19.5 Å². The maximum Gasteiger partial charge on any atom is 0.329 e. The van der Waals surface area contributed by atoms with Crippen molar-refractivity contribution in [1.82, 2.24) is 4.90 Å². The van der Waals surface area contributed by atoms with Crippen molar-refractivity contribution in [3.05, 3.63) is 35.9 Å². The number of amides is 1. The van der Waals surface area contributed by atoms with Gasteiger partial charge < -0.3 is 20.8 Å². The first kappa shape index (κ1) is 18.6. The van der Waals surface area contributed by atoms with Crippen molar-refractivity contribution >= 4 is 17.8 Å². The quantitative estimate of drug-likeness (QED) is 0.661. The highest BCUT2D eigenvalue weighted by molar-refractivity contribution is 5.98. The largest absolute Gasteiger partial charge is 0.480 e. The minimum absolute atomic E-state index is 0.0513. The molecule has 0 aromatic heterocycles. The maximum absolute atomic E-state index is 12.7. The van der Waals surface area contributed by atoms with Crippen LogP contribution >= 0.6 is 0 Å². The van der Waals surface area contributed by atoms with Crippen LogP contribution in [0.1, 0.15) is 37.0 Å². The fourth-order valence-electron chi connectivity index (χ4n) is 2.63. The molecule has 0 heterocycles. The van der Waals surface area contributed by atoms with Crippen LogP contribution in [0.2, 0.25) is 0 Å². The number of carboxylic acids is 2. The molecule has 0 aliphatic carbocycles. The Bertz CT molecular complexity index is 575. The summed E-state index contributed by atoms with van der Waals surface area (Å²) >= 11 is 0. The van der Waals surface area contributed by atoms with Gasteiger partial charge in [-0.2, -0.15) is 0 Å². The van der Waals surface area contributed by atoms with Crippen molar-refractivity contribution < 1.29 is 24.6 Å². The first-order valence-corrected chi connectivity index (χ1v) is 7.39. The summed E-state index contributed by atoms with van der Waals surface area (Å²) in [7, 11) is 0. The molecule has 0 aliphatic rings. The first-order valence-electron chi connectivity index (χ1n) is 7.39. The van der Waals surface area contributed by atoms with Crippen molar-refractivity contribution in [1.29, 1.82) is 0 Å². The van der Waals surface area contributed by atoms with Gasteiger partial charge in [0.05, 0.1) is 0 Å². The maximum atomic E-state index is 12.7. The molecule has 1 aromatic carbocycles. The third-order valence-corrected chi connectivity index (χ3v) is 3.96. The Morgan fingerprint density at radius 1 is 1.17 bits per heavy atom. The summed E-state index contributed by atoms with van der Waals surface area (Å²) in [6, 6.07) is 6.91. The Labute approximate surface area is 134 Å². The minimum Gasteiger partial charge on any atom is -0.480 e. The second kappa shape index (κ2) is 7.73. The number of hydrogen-bond acceptors (Lipinski definition) is 4. The van der Waals surface area contributed by atoms with Gasteiger partial charge in [0.1, 0.15) is 11.6 Å². The Morgan fingerprint density at radius 3 is 2.13 bits per heavy atom. The highest BCUT2D eigenvalue weighted by Crippen LogP contribution is 2.28. The topological polar surface area (TPSA) is 121 Å². The normalized spacial score (nSPS) is 14.6. The molecule has 0 fully saturated rings. The van der Waals surface area contributed by atoms with E-state index in [0.717, 1.165) is 0 Å². The third kappa shape index (κ3) is 3.87. The predicted octanol–water partition coefficient (Wildman–Crippen LogP) is 1.18. The van der Waals surface area contributed by atoms with E-state index in [4.69, 9.17) is 10.8 Å². The Morgan fingerprint density at radius 2 is 1.74 bits per heavy atom. The fourth-order valence-corrected chi connectivity index (χ4v) is 2.63. The summed E-state index contributed by atoms with van der Waals surface area (Å²) in [6.07, 6.45) is -0.309. The highest BCUT2D eigenvalue weighted by Gasteiger charge is 2.46. The zero-order chi connectivity index (χ0) is 17.6. The smallest absolute Gasteiger partial charge is 0.329 e. The molecule has 1 rings (SSSR count). The molecule has 0 radical (unpaired) electrons. The fraction of sp³-hybridized carbons (Fsp3) is 0.438. The lowest BCUT2D eigenvalue weighted by molar-refractivity contribution is -0.152. The number of carbonyl (C=O) groups excluding carboxylic acids is 1. The molecular formula is C16H22N2O5. The van der Waals surface area contributed by atoms with Crippen molar-refractivity contribution in [3.63, 3.8) is 0 Å². The second-order valence-corrected chi connectivity index (χ2v) is 5.25. The Balaban J connectivity index is 3.29. The summed E-state index contributed by atoms with van der Waals surface area (Å²) in [5, 5.41) is 18.7. The van der Waals surface area contributed by atoms with E-state index >= 15 is 0 Å². The van der Waals surface area contributed by atoms with Crippen molar-refractivity contribution in [3.8, 4) is 0 Å². The van der Waals surface area contributed by atoms with Crippen LogP contribution in [0.4, 0.5) is 0 Å². The Kier molecular flexibility index (Phi) is 6.27. The molecule has 126 valence electrons. The van der Waals surface area contributed by atoms with Gasteiger partial charge in [0.25, 0.3) is 5.91 Å². The van der Waals surface area contributed by atoms with Crippen LogP contribution in [0.25, 0.3) is 0 Å². The standard InChI is InChI=1S/C16H22N2O5/c1-3-16(15(22)23,10-12(17)14(20)21)18(4-2)13(19)11-8-6-5-7-9-11/h5-9,12H,3-4,10,17H2,1-2H3,(H,20,21)(H,22,23)/t12?,16-/m0/s1. The second-order valence-electron chi connectivity index (χ2n) is 5.25. The van der Waals surface area contributed by atoms with Crippen LogP contribution < -0.4 is 5.73 Å². The van der Waals surface area contributed by atoms with Gasteiger partial charge >= 0.3 is 11.9 Å². The van der Waals surface area contributed by atoms with E-state index in [-0.39, 0.29) is 19.4 Å². The first-order chi connectivity index (χ1) is 10.8. The molecule has 4 N–H and O–H groups in total. The molecule has 7 heteroatoms. The Hall–Kier alpha value is -2.41. The molecule has 0 bridgehead atoms. The lowest BCUT2D eigenvalue weighted by Crippen LogP contribution is -2.59. The number of aliphatic carboxylic acids is 2. The predicted molar refractivity (Wildman–Crippen MR) is 84.0 cm³/mol. The highest BCUT2D eigenvalue weighted by atomic mass is 16.4. The molecule has 7 nitrogen and oxygen atoms in total. The number of hydrogen-bond donors (Lipinski definition) is 3. The van der Waals surface area contributed by atoms with Crippen LogP contribution in [0.3, 0.4) is 0 Å². The third-order valence-electron chi connectivity index (χ3n) is 3.96. The molecule has 1 amide bonds. The minimum atomic E-state index is -1.67. The van der Waals surface area contributed by atoms with Gasteiger partial charge in [-0.3, -0.25) is 9.59 Å². The van der Waals surface area contributed by atoms with Crippen LogP contribution in [0.15, 0.2) is 30.3 Å². The number of likely N-dealkylation sites (N-methyl/N-ethyl adjacent to an activating group) is 1. The number of carbonyl (C=O) groups is 3. The summed E-state index contributed by atoms with van der Waals surface area (Å²) in [6.45, 7) is 3.38. The number of nitrogens with zero attached hydrogens (tertiary/aromatic N) is 1. The molecule has 0 saturated heterocycles. The molecule has 0 spiro atoms. The van der Waals surface area contributed by atoms with E-state index in [1.807, 2.05) is 0 Å². The summed E-state index contributed by atoms with van der Waals surface area (Å²) in [5.74, 6) is -3.02. The molecule has 1 aromatic rings. The number of benzene rings is 1. The van der Waals surface area contributed by atoms with Crippen LogP contribution in [-0.4, -0.2) is 51.1 Å². The SMILES string of the molecule is CCN(C(=O)c1ccccc1)[C@@](CC)(CC(N)C(=O)O)C(=O)O. The van der Waals surface area contributed by atoms with E-state index < -0.39 is 29.4 Å². The molecule has 0 saturated carbocycles. The van der Waals surface area contributed by atoms with E-state index in [2.05, 4.69) is 0 Å². The molecule has 0 aliphatic heterocycles. The van der Waals surface area contributed by atoms with E-state index in [1.165, 1.54) is 4.90 Å². The van der Waals surface area contributed by atoms with Crippen LogP contribution in [0, 0.1) is 0 Å². The average Bonchev–Trinajstić information content (AvgIpc) is 2.54. The van der Waals surface area contributed by atoms with Gasteiger partial charge in [0, 0.05) is 18.5 Å². The van der Waals surface area contributed by atoms with Crippen molar-refractivity contribution in [2.24, 2.45) is 5.73 Å². The molecule has 23 heavy (non-hydrogen) atoms. The lowest BCUT2D eigenvalue weighted by Gasteiger charge is -2.40. The van der Waals surface area contributed by atoms with Gasteiger partial charge in [0.2, 0.25) is 0 Å². The zero-order valence-electron chi connectivity index (χ0n) is 13.2. The number of carboxylic acid groups (broad SMARTS) is 2. The molecule has 2 atom stereocenters. The van der Waals surface area contributed by atoms with Crippen molar-refractivity contribution in [2.45, 2.75) is 38.3 Å². The van der Waals surface area contributed by atoms with Crippen molar-refractivity contribution in [2.75, 3.05) is 6.54 Å². The van der Waals surface area contributed by atoms with Gasteiger partial charge in [0.15, 0.2) is 0 Å². The zero-order valence-corrected chi connectivity index (χ0v) is 13.2. The summed E-state index contributed by atoms with van der Waals surface area (Å²) in [5.41, 5.74) is 4.22. The van der Waals surface area contributed by atoms with Gasteiger partial charge in [-0.1, -0.05) is 25.1 Å². The van der Waals surface area contributed by atoms with E-state index in [1.54, 1.807) is 44.2 Å². The molecular weight excluding hydrogens is 300 g/mol. The summed E-state index contributed by atoms with van der Waals surface area (Å²) in [4.78, 5) is 36.8. The van der Waals surface area contributed by atoms with Crippen LogP contribution in [-0.2, 0) is 9.59 Å². The summed E-state index contributed by atoms with van der Waals surface area (Å²) < 4.78 is 0. The lowest BCUT2D eigenvalue weighted by atomic mass is 9.85. The number of nitrogens with two attached hydrogens (primary N) is 1. The monoisotopic (exact) mass is 322 g/mol. The van der Waals surface area contributed by atoms with Crippen LogP contribution in [0.5, 0.6) is 0 Å². The average molecular weight is 322 g/mol. The van der Waals surface area contributed by atoms with Gasteiger partial charge in [-0.05, 0) is 25.5 Å².